The van der Waals surface area contributed by atoms with Gasteiger partial charge >= 0.3 is 5.97 Å². The molecule has 206 valence electrons. The number of carbonyl (C=O) groups is 2. The first-order chi connectivity index (χ1) is 18.9. The zero-order valence-electron chi connectivity index (χ0n) is 24.0. The monoisotopic (exact) mass is 597 g/mol. The van der Waals surface area contributed by atoms with Crippen LogP contribution in [0.25, 0.3) is 11.1 Å². The molecule has 4 aromatic carbocycles. The van der Waals surface area contributed by atoms with Crippen LogP contribution in [0.4, 0.5) is 5.69 Å². The van der Waals surface area contributed by atoms with E-state index in [1.807, 2.05) is 69.3 Å². The average Bonchev–Trinajstić information content (AvgIpc) is 2.87. The molecule has 0 spiro atoms. The lowest BCUT2D eigenvalue weighted by Crippen LogP contribution is -2.24. The molecule has 4 rings (SSSR count). The number of anilines is 1. The van der Waals surface area contributed by atoms with Crippen molar-refractivity contribution in [2.75, 3.05) is 5.32 Å². The van der Waals surface area contributed by atoms with Gasteiger partial charge in [0.05, 0.1) is 11.5 Å². The van der Waals surface area contributed by atoms with Crippen LogP contribution in [0.1, 0.15) is 64.9 Å². The average molecular weight is 599 g/mol. The molecule has 1 N–H and O–H groups in total. The van der Waals surface area contributed by atoms with Crippen molar-refractivity contribution in [1.29, 1.82) is 0 Å². The maximum atomic E-state index is 13.6. The van der Waals surface area contributed by atoms with Crippen molar-refractivity contribution in [3.8, 4) is 11.1 Å². The highest BCUT2D eigenvalue weighted by Gasteiger charge is 2.23. The predicted molar refractivity (Wildman–Crippen MR) is 167 cm³/mol. The quantitative estimate of drug-likeness (QED) is 0.216. The van der Waals surface area contributed by atoms with Gasteiger partial charge in [-0.05, 0) is 118 Å². The van der Waals surface area contributed by atoms with Gasteiger partial charge in [0.25, 0.3) is 0 Å². The number of carbonyl (C=O) groups excluding carboxylic acids is 2. The van der Waals surface area contributed by atoms with Crippen LogP contribution in [0.5, 0.6) is 0 Å². The van der Waals surface area contributed by atoms with Gasteiger partial charge in [-0.2, -0.15) is 0 Å². The second-order valence-corrected chi connectivity index (χ2v) is 12.3. The van der Waals surface area contributed by atoms with Crippen molar-refractivity contribution in [1.82, 2.24) is 0 Å². The number of ether oxygens (including phenoxy) is 1. The second kappa shape index (κ2) is 12.2. The van der Waals surface area contributed by atoms with Gasteiger partial charge in [0.15, 0.2) is 0 Å². The molecule has 0 aliphatic heterocycles. The zero-order chi connectivity index (χ0) is 29.0. The summed E-state index contributed by atoms with van der Waals surface area (Å²) in [7, 11) is 0. The molecule has 1 atom stereocenters. The summed E-state index contributed by atoms with van der Waals surface area (Å²) in [5.41, 5.74) is 8.63. The molecule has 1 unspecified atom stereocenters. The summed E-state index contributed by atoms with van der Waals surface area (Å²) in [6.45, 7) is 11.9. The van der Waals surface area contributed by atoms with E-state index >= 15 is 0 Å². The van der Waals surface area contributed by atoms with Crippen molar-refractivity contribution in [2.45, 2.75) is 59.5 Å². The highest BCUT2D eigenvalue weighted by molar-refractivity contribution is 9.10. The van der Waals surface area contributed by atoms with E-state index in [1.54, 1.807) is 12.1 Å². The van der Waals surface area contributed by atoms with Crippen molar-refractivity contribution in [3.05, 3.63) is 123 Å². The van der Waals surface area contributed by atoms with Crippen molar-refractivity contribution < 1.29 is 14.3 Å². The van der Waals surface area contributed by atoms with E-state index in [4.69, 9.17) is 4.74 Å². The molecule has 0 saturated heterocycles. The van der Waals surface area contributed by atoms with E-state index < -0.39 is 11.5 Å². The van der Waals surface area contributed by atoms with E-state index in [-0.39, 0.29) is 11.9 Å². The van der Waals surface area contributed by atoms with Gasteiger partial charge in [0.2, 0.25) is 5.91 Å². The Labute approximate surface area is 245 Å². The first-order valence-corrected chi connectivity index (χ1v) is 14.3. The van der Waals surface area contributed by atoms with Crippen LogP contribution in [-0.4, -0.2) is 17.5 Å². The van der Waals surface area contributed by atoms with Crippen LogP contribution in [-0.2, 0) is 16.0 Å². The number of amides is 1. The van der Waals surface area contributed by atoms with Gasteiger partial charge < -0.3 is 10.1 Å². The maximum absolute atomic E-state index is 13.6. The number of halogens is 1. The molecule has 0 aliphatic rings. The third-order valence-electron chi connectivity index (χ3n) is 6.74. The van der Waals surface area contributed by atoms with Gasteiger partial charge in [-0.3, -0.25) is 4.79 Å². The SMILES string of the molecule is Cc1cc(C)c(-c2ccc(NC(=O)C(Cc3ccc(C(=O)OC(C)(C)C)cc3)c3ccc(Br)cc3)cc2)c(C)c1. The fraction of sp³-hybridized carbons (Fsp3) is 0.257. The van der Waals surface area contributed by atoms with Gasteiger partial charge in [0.1, 0.15) is 5.60 Å². The van der Waals surface area contributed by atoms with Crippen LogP contribution in [0.3, 0.4) is 0 Å². The summed E-state index contributed by atoms with van der Waals surface area (Å²) < 4.78 is 6.43. The molecule has 0 radical (unpaired) electrons. The summed E-state index contributed by atoms with van der Waals surface area (Å²) in [6.07, 6.45) is 0.488. The molecule has 0 saturated carbocycles. The molecule has 0 bridgehead atoms. The van der Waals surface area contributed by atoms with E-state index in [0.29, 0.717) is 12.0 Å². The Hall–Kier alpha value is -3.70. The van der Waals surface area contributed by atoms with E-state index in [2.05, 4.69) is 66.3 Å². The van der Waals surface area contributed by atoms with Crippen LogP contribution >= 0.6 is 15.9 Å². The molecule has 0 fully saturated rings. The highest BCUT2D eigenvalue weighted by Crippen LogP contribution is 2.30. The number of hydrogen-bond donors (Lipinski definition) is 1. The normalized spacial score (nSPS) is 12.1. The van der Waals surface area contributed by atoms with Gasteiger partial charge in [-0.1, -0.05) is 70.0 Å². The third-order valence-corrected chi connectivity index (χ3v) is 7.26. The smallest absolute Gasteiger partial charge is 0.338 e. The predicted octanol–water partition coefficient (Wildman–Crippen LogP) is 8.96. The molecule has 4 nitrogen and oxygen atoms in total. The Morgan fingerprint density at radius 2 is 1.40 bits per heavy atom. The van der Waals surface area contributed by atoms with E-state index in [9.17, 15) is 9.59 Å². The van der Waals surface area contributed by atoms with Crippen LogP contribution in [0, 0.1) is 20.8 Å². The Morgan fingerprint density at radius 1 is 0.825 bits per heavy atom. The topological polar surface area (TPSA) is 55.4 Å². The lowest BCUT2D eigenvalue weighted by Gasteiger charge is -2.20. The number of hydrogen-bond acceptors (Lipinski definition) is 3. The molecule has 0 aromatic heterocycles. The van der Waals surface area contributed by atoms with Crippen LogP contribution in [0.15, 0.2) is 89.4 Å². The molecule has 0 aliphatic carbocycles. The number of aryl methyl sites for hydroxylation is 3. The van der Waals surface area contributed by atoms with Crippen LogP contribution < -0.4 is 5.32 Å². The standard InChI is InChI=1S/C35H36BrNO3/c1-22-19-23(2)32(24(3)20-22)27-13-17-30(18-14-27)37-33(38)31(26-11-15-29(36)16-12-26)21-25-7-9-28(10-8-25)34(39)40-35(4,5)6/h7-20,31H,21H2,1-6H3,(H,37,38). The maximum Gasteiger partial charge on any atom is 0.338 e. The lowest BCUT2D eigenvalue weighted by molar-refractivity contribution is -0.117. The minimum atomic E-state index is -0.559. The van der Waals surface area contributed by atoms with Gasteiger partial charge in [-0.25, -0.2) is 4.79 Å². The second-order valence-electron chi connectivity index (χ2n) is 11.3. The number of nitrogens with one attached hydrogen (secondary N) is 1. The van der Waals surface area contributed by atoms with Crippen LogP contribution in [0.2, 0.25) is 0 Å². The minimum absolute atomic E-state index is 0.0889. The van der Waals surface area contributed by atoms with Gasteiger partial charge in [-0.15, -0.1) is 0 Å². The molecule has 0 heterocycles. The van der Waals surface area contributed by atoms with E-state index in [0.717, 1.165) is 26.9 Å². The van der Waals surface area contributed by atoms with E-state index in [1.165, 1.54) is 22.3 Å². The lowest BCUT2D eigenvalue weighted by atomic mass is 9.90. The Bertz CT molecular complexity index is 1480. The molecule has 40 heavy (non-hydrogen) atoms. The summed E-state index contributed by atoms with van der Waals surface area (Å²) in [5.74, 6) is -0.864. The summed E-state index contributed by atoms with van der Waals surface area (Å²) in [4.78, 5) is 26.1. The molecule has 4 aromatic rings. The first kappa shape index (κ1) is 29.3. The Morgan fingerprint density at radius 3 is 1.95 bits per heavy atom. The van der Waals surface area contributed by atoms with Gasteiger partial charge in [0, 0.05) is 10.2 Å². The first-order valence-electron chi connectivity index (χ1n) is 13.5. The third kappa shape index (κ3) is 7.48. The zero-order valence-corrected chi connectivity index (χ0v) is 25.6. The number of benzene rings is 4. The number of rotatable bonds is 7. The van der Waals surface area contributed by atoms with Crippen molar-refractivity contribution in [2.24, 2.45) is 0 Å². The molecule has 5 heteroatoms. The minimum Gasteiger partial charge on any atom is -0.456 e. The molecule has 1 amide bonds. The fourth-order valence-electron chi connectivity index (χ4n) is 4.99. The molecular formula is C35H36BrNO3. The van der Waals surface area contributed by atoms with Crippen molar-refractivity contribution >= 4 is 33.5 Å². The van der Waals surface area contributed by atoms with Crippen molar-refractivity contribution in [3.63, 3.8) is 0 Å². The Balaban J connectivity index is 1.54. The largest absolute Gasteiger partial charge is 0.456 e. The summed E-state index contributed by atoms with van der Waals surface area (Å²) in [6, 6.07) is 27.5. The fourth-order valence-corrected chi connectivity index (χ4v) is 5.26. The Kier molecular flexibility index (Phi) is 8.95. The summed E-state index contributed by atoms with van der Waals surface area (Å²) >= 11 is 3.49. The highest BCUT2D eigenvalue weighted by atomic mass is 79.9. The summed E-state index contributed by atoms with van der Waals surface area (Å²) in [5, 5.41) is 3.12. The number of esters is 1. The molecular weight excluding hydrogens is 562 g/mol.